The minimum absolute atomic E-state index is 0.250. The van der Waals surface area contributed by atoms with Crippen molar-refractivity contribution in [1.29, 1.82) is 0 Å². The Morgan fingerprint density at radius 1 is 1.41 bits per heavy atom. The highest BCUT2D eigenvalue weighted by molar-refractivity contribution is 5.69. The highest BCUT2D eigenvalue weighted by Crippen LogP contribution is 2.34. The van der Waals surface area contributed by atoms with Gasteiger partial charge in [-0.15, -0.1) is 0 Å². The maximum atomic E-state index is 11.0. The first-order chi connectivity index (χ1) is 8.14. The molecule has 0 bridgehead atoms. The Kier molecular flexibility index (Phi) is 4.05. The molecule has 98 valence electrons. The molecule has 4 heteroatoms. The van der Waals surface area contributed by atoms with Crippen LogP contribution in [0.15, 0.2) is 0 Å². The number of carboxylic acid groups (broad SMARTS) is 1. The maximum Gasteiger partial charge on any atom is 0.307 e. The number of carbonyl (C=O) groups is 1. The molecule has 2 N–H and O–H groups in total. The summed E-state index contributed by atoms with van der Waals surface area (Å²) in [4.78, 5) is 13.4. The first kappa shape index (κ1) is 12.8. The molecule has 17 heavy (non-hydrogen) atoms. The molecule has 0 aromatic rings. The number of hydrogen-bond donors (Lipinski definition) is 2. The minimum atomic E-state index is -0.672. The van der Waals surface area contributed by atoms with E-state index >= 15 is 0 Å². The first-order valence-electron chi connectivity index (χ1n) is 6.83. The van der Waals surface area contributed by atoms with Crippen LogP contribution in [0.25, 0.3) is 0 Å². The largest absolute Gasteiger partial charge is 0.481 e. The van der Waals surface area contributed by atoms with Gasteiger partial charge in [0.2, 0.25) is 0 Å². The smallest absolute Gasteiger partial charge is 0.307 e. The third-order valence-electron chi connectivity index (χ3n) is 4.38. The van der Waals surface area contributed by atoms with Gasteiger partial charge >= 0.3 is 5.97 Å². The fourth-order valence-corrected chi connectivity index (χ4v) is 3.28. The molecular weight excluding hydrogens is 216 g/mol. The second-order valence-electron chi connectivity index (χ2n) is 5.65. The first-order valence-corrected chi connectivity index (χ1v) is 6.83. The predicted molar refractivity (Wildman–Crippen MR) is 67.1 cm³/mol. The summed E-state index contributed by atoms with van der Waals surface area (Å²) in [6.45, 7) is 5.56. The molecule has 1 heterocycles. The summed E-state index contributed by atoms with van der Waals surface area (Å²) < 4.78 is 0. The van der Waals surface area contributed by atoms with Gasteiger partial charge in [-0.1, -0.05) is 26.2 Å². The van der Waals surface area contributed by atoms with Crippen molar-refractivity contribution in [2.45, 2.75) is 44.6 Å². The SMILES string of the molecule is CC(CN1CCNCC12CCCCC2)C(=O)O. The van der Waals surface area contributed by atoms with Crippen LogP contribution in [0.2, 0.25) is 0 Å². The van der Waals surface area contributed by atoms with Crippen molar-refractivity contribution in [2.24, 2.45) is 5.92 Å². The van der Waals surface area contributed by atoms with E-state index in [2.05, 4.69) is 10.2 Å². The molecule has 1 aliphatic heterocycles. The van der Waals surface area contributed by atoms with E-state index in [0.717, 1.165) is 19.6 Å². The lowest BCUT2D eigenvalue weighted by atomic mass is 9.78. The van der Waals surface area contributed by atoms with Gasteiger partial charge in [0.15, 0.2) is 0 Å². The van der Waals surface area contributed by atoms with Crippen molar-refractivity contribution < 1.29 is 9.90 Å². The van der Waals surface area contributed by atoms with E-state index in [-0.39, 0.29) is 11.5 Å². The number of nitrogens with one attached hydrogen (secondary N) is 1. The fraction of sp³-hybridized carbons (Fsp3) is 0.923. The van der Waals surface area contributed by atoms with Crippen molar-refractivity contribution in [3.05, 3.63) is 0 Å². The Bertz CT molecular complexity index is 266. The molecule has 1 unspecified atom stereocenters. The van der Waals surface area contributed by atoms with Gasteiger partial charge in [-0.25, -0.2) is 0 Å². The molecule has 1 aliphatic carbocycles. The summed E-state index contributed by atoms with van der Waals surface area (Å²) >= 11 is 0. The number of piperazine rings is 1. The molecule has 0 radical (unpaired) electrons. The van der Waals surface area contributed by atoms with Gasteiger partial charge < -0.3 is 10.4 Å². The second kappa shape index (κ2) is 5.36. The lowest BCUT2D eigenvalue weighted by molar-refractivity contribution is -0.142. The molecule has 1 saturated heterocycles. The summed E-state index contributed by atoms with van der Waals surface area (Å²) in [6.07, 6.45) is 6.38. The Labute approximate surface area is 103 Å². The lowest BCUT2D eigenvalue weighted by Gasteiger charge is -2.50. The minimum Gasteiger partial charge on any atom is -0.481 e. The van der Waals surface area contributed by atoms with Crippen LogP contribution in [-0.4, -0.2) is 47.7 Å². The van der Waals surface area contributed by atoms with Crippen LogP contribution in [0, 0.1) is 5.92 Å². The van der Waals surface area contributed by atoms with Gasteiger partial charge in [-0.05, 0) is 12.8 Å². The molecular formula is C13H24N2O2. The third-order valence-corrected chi connectivity index (χ3v) is 4.38. The van der Waals surface area contributed by atoms with E-state index in [0.29, 0.717) is 6.54 Å². The van der Waals surface area contributed by atoms with E-state index < -0.39 is 5.97 Å². The van der Waals surface area contributed by atoms with Crippen LogP contribution in [-0.2, 0) is 4.79 Å². The van der Waals surface area contributed by atoms with Gasteiger partial charge in [0.25, 0.3) is 0 Å². The fourth-order valence-electron chi connectivity index (χ4n) is 3.28. The van der Waals surface area contributed by atoms with Crippen LogP contribution in [0.5, 0.6) is 0 Å². The van der Waals surface area contributed by atoms with E-state index in [4.69, 9.17) is 5.11 Å². The highest BCUT2D eigenvalue weighted by atomic mass is 16.4. The highest BCUT2D eigenvalue weighted by Gasteiger charge is 2.40. The van der Waals surface area contributed by atoms with Crippen molar-refractivity contribution >= 4 is 5.97 Å². The molecule has 0 amide bonds. The van der Waals surface area contributed by atoms with Crippen molar-refractivity contribution in [2.75, 3.05) is 26.2 Å². The molecule has 1 spiro atoms. The average molecular weight is 240 g/mol. The monoisotopic (exact) mass is 240 g/mol. The third kappa shape index (κ3) is 2.80. The molecule has 2 fully saturated rings. The molecule has 0 aromatic heterocycles. The van der Waals surface area contributed by atoms with E-state index in [9.17, 15) is 4.79 Å². The average Bonchev–Trinajstić information content (AvgIpc) is 2.33. The van der Waals surface area contributed by atoms with E-state index in [1.54, 1.807) is 0 Å². The molecule has 0 aromatic carbocycles. The molecule has 4 nitrogen and oxygen atoms in total. The summed E-state index contributed by atoms with van der Waals surface area (Å²) in [5.41, 5.74) is 0.250. The summed E-state index contributed by atoms with van der Waals surface area (Å²) in [5.74, 6) is -0.929. The Hall–Kier alpha value is -0.610. The Morgan fingerprint density at radius 2 is 2.12 bits per heavy atom. The van der Waals surface area contributed by atoms with Crippen molar-refractivity contribution in [3.63, 3.8) is 0 Å². The predicted octanol–water partition coefficient (Wildman–Crippen LogP) is 1.32. The Balaban J connectivity index is 2.03. The number of nitrogens with zero attached hydrogens (tertiary/aromatic N) is 1. The maximum absolute atomic E-state index is 11.0. The van der Waals surface area contributed by atoms with Crippen molar-refractivity contribution in [3.8, 4) is 0 Å². The van der Waals surface area contributed by atoms with E-state index in [1.165, 1.54) is 32.1 Å². The van der Waals surface area contributed by atoms with Crippen molar-refractivity contribution in [1.82, 2.24) is 10.2 Å². The zero-order valence-electron chi connectivity index (χ0n) is 10.7. The zero-order chi connectivity index (χ0) is 12.3. The number of hydrogen-bond acceptors (Lipinski definition) is 3. The van der Waals surface area contributed by atoms with Crippen LogP contribution in [0.4, 0.5) is 0 Å². The molecule has 1 atom stereocenters. The molecule has 2 aliphatic rings. The number of aliphatic carboxylic acids is 1. The standard InChI is InChI=1S/C13H24N2O2/c1-11(12(16)17)9-15-8-7-14-10-13(15)5-3-2-4-6-13/h11,14H,2-10H2,1H3,(H,16,17). The van der Waals surface area contributed by atoms with Gasteiger partial charge in [-0.2, -0.15) is 0 Å². The summed E-state index contributed by atoms with van der Waals surface area (Å²) in [6, 6.07) is 0. The number of carboxylic acids is 1. The quantitative estimate of drug-likeness (QED) is 0.781. The van der Waals surface area contributed by atoms with Gasteiger partial charge in [0, 0.05) is 31.7 Å². The normalized spacial score (nSPS) is 26.9. The summed E-state index contributed by atoms with van der Waals surface area (Å²) in [7, 11) is 0. The summed E-state index contributed by atoms with van der Waals surface area (Å²) in [5, 5.41) is 12.5. The Morgan fingerprint density at radius 3 is 2.76 bits per heavy atom. The molecule has 1 saturated carbocycles. The van der Waals surface area contributed by atoms with Gasteiger partial charge in [0.1, 0.15) is 0 Å². The lowest BCUT2D eigenvalue weighted by Crippen LogP contribution is -2.62. The second-order valence-corrected chi connectivity index (χ2v) is 5.65. The topological polar surface area (TPSA) is 52.6 Å². The van der Waals surface area contributed by atoms with Crippen LogP contribution in [0.3, 0.4) is 0 Å². The molecule has 2 rings (SSSR count). The number of rotatable bonds is 3. The van der Waals surface area contributed by atoms with Crippen LogP contribution in [0.1, 0.15) is 39.0 Å². The van der Waals surface area contributed by atoms with E-state index in [1.807, 2.05) is 6.92 Å². The zero-order valence-corrected chi connectivity index (χ0v) is 10.7. The van der Waals surface area contributed by atoms with Crippen LogP contribution >= 0.6 is 0 Å². The van der Waals surface area contributed by atoms with Gasteiger partial charge in [0.05, 0.1) is 5.92 Å². The van der Waals surface area contributed by atoms with Gasteiger partial charge in [-0.3, -0.25) is 9.69 Å². The van der Waals surface area contributed by atoms with Crippen LogP contribution < -0.4 is 5.32 Å².